The Kier molecular flexibility index (Phi) is 2.27. The molecular weight excluding hydrogens is 251 g/mol. The van der Waals surface area contributed by atoms with Crippen LogP contribution in [-0.2, 0) is 5.60 Å². The summed E-state index contributed by atoms with van der Waals surface area (Å²) in [6.45, 7) is 0. The van der Waals surface area contributed by atoms with E-state index in [4.69, 9.17) is 4.74 Å². The third-order valence-corrected chi connectivity index (χ3v) is 2.90. The van der Waals surface area contributed by atoms with Crippen molar-refractivity contribution in [2.75, 3.05) is 7.11 Å². The van der Waals surface area contributed by atoms with Crippen LogP contribution >= 0.6 is 15.9 Å². The minimum atomic E-state index is -0.879. The van der Waals surface area contributed by atoms with Crippen molar-refractivity contribution < 1.29 is 14.2 Å². The molecule has 0 aliphatic heterocycles. The zero-order valence-corrected chi connectivity index (χ0v) is 9.27. The molecule has 2 rings (SSSR count). The monoisotopic (exact) mass is 260 g/mol. The molecule has 1 aromatic carbocycles. The molecule has 2 nitrogen and oxygen atoms in total. The van der Waals surface area contributed by atoms with E-state index in [9.17, 15) is 9.50 Å². The van der Waals surface area contributed by atoms with Crippen LogP contribution in [0.1, 0.15) is 18.4 Å². The topological polar surface area (TPSA) is 29.5 Å². The summed E-state index contributed by atoms with van der Waals surface area (Å²) in [6, 6.07) is 3.03. The first-order valence-corrected chi connectivity index (χ1v) is 5.12. The van der Waals surface area contributed by atoms with E-state index >= 15 is 0 Å². The van der Waals surface area contributed by atoms with Gasteiger partial charge in [0.1, 0.15) is 0 Å². The molecule has 14 heavy (non-hydrogen) atoms. The third kappa shape index (κ3) is 1.53. The van der Waals surface area contributed by atoms with Crippen molar-refractivity contribution in [2.24, 2.45) is 0 Å². The second-order valence-corrected chi connectivity index (χ2v) is 4.42. The fraction of sp³-hybridized carbons (Fsp3) is 0.400. The van der Waals surface area contributed by atoms with Crippen molar-refractivity contribution in [3.05, 3.63) is 28.0 Å². The summed E-state index contributed by atoms with van der Waals surface area (Å²) in [4.78, 5) is 0. The van der Waals surface area contributed by atoms with E-state index in [1.807, 2.05) is 0 Å². The molecule has 1 N–H and O–H groups in total. The molecule has 0 spiro atoms. The molecule has 1 aromatic rings. The van der Waals surface area contributed by atoms with E-state index in [1.54, 1.807) is 6.07 Å². The van der Waals surface area contributed by atoms with Gasteiger partial charge in [-0.1, -0.05) is 15.9 Å². The molecule has 0 aromatic heterocycles. The molecule has 0 heterocycles. The molecule has 1 aliphatic carbocycles. The van der Waals surface area contributed by atoms with Crippen LogP contribution in [0.25, 0.3) is 0 Å². The van der Waals surface area contributed by atoms with Gasteiger partial charge in [0, 0.05) is 10.0 Å². The minimum Gasteiger partial charge on any atom is -0.493 e. The number of hydrogen-bond donors (Lipinski definition) is 1. The second-order valence-electron chi connectivity index (χ2n) is 3.50. The number of rotatable bonds is 2. The lowest BCUT2D eigenvalue weighted by atomic mass is 10.1. The number of methoxy groups -OCH3 is 1. The maximum absolute atomic E-state index is 13.4. The van der Waals surface area contributed by atoms with Crippen LogP contribution in [0.3, 0.4) is 0 Å². The van der Waals surface area contributed by atoms with Crippen molar-refractivity contribution in [3.63, 3.8) is 0 Å². The van der Waals surface area contributed by atoms with E-state index < -0.39 is 11.4 Å². The zero-order chi connectivity index (χ0) is 10.3. The molecular formula is C10H10BrFO2. The highest BCUT2D eigenvalue weighted by Crippen LogP contribution is 2.50. The fourth-order valence-electron chi connectivity index (χ4n) is 1.50. The van der Waals surface area contributed by atoms with Gasteiger partial charge in [0.2, 0.25) is 0 Å². The van der Waals surface area contributed by atoms with Gasteiger partial charge in [0.15, 0.2) is 11.6 Å². The number of hydrogen-bond acceptors (Lipinski definition) is 2. The number of halogens is 2. The maximum atomic E-state index is 13.4. The Balaban J connectivity index is 2.56. The van der Waals surface area contributed by atoms with Crippen molar-refractivity contribution >= 4 is 15.9 Å². The Labute approximate surface area is 89.8 Å². The Morgan fingerprint density at radius 2 is 2.14 bits per heavy atom. The highest BCUT2D eigenvalue weighted by atomic mass is 79.9. The molecule has 4 heteroatoms. The third-order valence-electron chi connectivity index (χ3n) is 2.44. The van der Waals surface area contributed by atoms with Gasteiger partial charge in [-0.3, -0.25) is 0 Å². The van der Waals surface area contributed by atoms with Gasteiger partial charge in [-0.2, -0.15) is 0 Å². The quantitative estimate of drug-likeness (QED) is 0.886. The Morgan fingerprint density at radius 1 is 1.50 bits per heavy atom. The molecule has 0 bridgehead atoms. The predicted octanol–water partition coefficient (Wildman–Crippen LogP) is 2.58. The SMILES string of the molecule is COc1c(F)cc(Br)cc1C1(O)CC1. The molecule has 0 atom stereocenters. The van der Waals surface area contributed by atoms with Crippen molar-refractivity contribution in [2.45, 2.75) is 18.4 Å². The van der Waals surface area contributed by atoms with Crippen LogP contribution < -0.4 is 4.74 Å². The lowest BCUT2D eigenvalue weighted by molar-refractivity contribution is 0.146. The summed E-state index contributed by atoms with van der Waals surface area (Å²) in [7, 11) is 1.40. The van der Waals surface area contributed by atoms with Crippen LogP contribution in [-0.4, -0.2) is 12.2 Å². The van der Waals surface area contributed by atoms with Crippen molar-refractivity contribution in [1.82, 2.24) is 0 Å². The van der Waals surface area contributed by atoms with Crippen LogP contribution in [0.4, 0.5) is 4.39 Å². The molecule has 0 saturated heterocycles. The molecule has 0 unspecified atom stereocenters. The summed E-state index contributed by atoms with van der Waals surface area (Å²) >= 11 is 3.19. The number of ether oxygens (including phenoxy) is 1. The van der Waals surface area contributed by atoms with Crippen LogP contribution in [0, 0.1) is 5.82 Å². The number of benzene rings is 1. The van der Waals surface area contributed by atoms with Gasteiger partial charge >= 0.3 is 0 Å². The predicted molar refractivity (Wildman–Crippen MR) is 53.8 cm³/mol. The van der Waals surface area contributed by atoms with E-state index in [1.165, 1.54) is 13.2 Å². The zero-order valence-electron chi connectivity index (χ0n) is 7.68. The van der Waals surface area contributed by atoms with Crippen LogP contribution in [0.5, 0.6) is 5.75 Å². The normalized spacial score (nSPS) is 18.0. The van der Waals surface area contributed by atoms with Crippen LogP contribution in [0.15, 0.2) is 16.6 Å². The van der Waals surface area contributed by atoms with Gasteiger partial charge < -0.3 is 9.84 Å². The fourth-order valence-corrected chi connectivity index (χ4v) is 1.93. The largest absolute Gasteiger partial charge is 0.493 e. The average Bonchev–Trinajstić information content (AvgIpc) is 2.84. The standard InChI is InChI=1S/C10H10BrFO2/c1-14-9-7(10(13)2-3-10)4-6(11)5-8(9)12/h4-5,13H,2-3H2,1H3. The lowest BCUT2D eigenvalue weighted by Gasteiger charge is -2.14. The van der Waals surface area contributed by atoms with E-state index in [0.717, 1.165) is 0 Å². The Hall–Kier alpha value is -0.610. The Morgan fingerprint density at radius 3 is 2.64 bits per heavy atom. The first kappa shape index (κ1) is 9.93. The summed E-state index contributed by atoms with van der Waals surface area (Å²) in [5.74, 6) is -0.301. The molecule has 1 fully saturated rings. The van der Waals surface area contributed by atoms with Crippen molar-refractivity contribution in [1.29, 1.82) is 0 Å². The summed E-state index contributed by atoms with van der Waals surface area (Å²) in [6.07, 6.45) is 1.33. The molecule has 0 radical (unpaired) electrons. The Bertz CT molecular complexity index is 375. The van der Waals surface area contributed by atoms with Gasteiger partial charge in [-0.25, -0.2) is 4.39 Å². The molecule has 0 amide bonds. The van der Waals surface area contributed by atoms with E-state index in [0.29, 0.717) is 22.9 Å². The van der Waals surface area contributed by atoms with Gasteiger partial charge in [-0.05, 0) is 25.0 Å². The van der Waals surface area contributed by atoms with Gasteiger partial charge in [0.05, 0.1) is 12.7 Å². The summed E-state index contributed by atoms with van der Waals surface area (Å²) in [5, 5.41) is 9.89. The second kappa shape index (κ2) is 3.21. The first-order valence-electron chi connectivity index (χ1n) is 4.33. The average molecular weight is 261 g/mol. The molecule has 1 aliphatic rings. The highest BCUT2D eigenvalue weighted by molar-refractivity contribution is 9.10. The minimum absolute atomic E-state index is 0.146. The number of aliphatic hydroxyl groups is 1. The van der Waals surface area contributed by atoms with E-state index in [-0.39, 0.29) is 5.75 Å². The summed E-state index contributed by atoms with van der Waals surface area (Å²) in [5.41, 5.74) is -0.345. The van der Waals surface area contributed by atoms with Gasteiger partial charge in [0.25, 0.3) is 0 Å². The molecule has 1 saturated carbocycles. The lowest BCUT2D eigenvalue weighted by Crippen LogP contribution is -2.08. The highest BCUT2D eigenvalue weighted by Gasteiger charge is 2.45. The van der Waals surface area contributed by atoms with E-state index in [2.05, 4.69) is 15.9 Å². The summed E-state index contributed by atoms with van der Waals surface area (Å²) < 4.78 is 19.0. The van der Waals surface area contributed by atoms with Gasteiger partial charge in [-0.15, -0.1) is 0 Å². The maximum Gasteiger partial charge on any atom is 0.166 e. The van der Waals surface area contributed by atoms with Crippen molar-refractivity contribution in [3.8, 4) is 5.75 Å². The first-order chi connectivity index (χ1) is 6.57. The molecule has 76 valence electrons. The smallest absolute Gasteiger partial charge is 0.166 e. The van der Waals surface area contributed by atoms with Crippen LogP contribution in [0.2, 0.25) is 0 Å².